The van der Waals surface area contributed by atoms with Crippen molar-refractivity contribution in [3.8, 4) is 0 Å². The molecule has 1 aromatic carbocycles. The summed E-state index contributed by atoms with van der Waals surface area (Å²) < 4.78 is 0. The zero-order chi connectivity index (χ0) is 10.7. The van der Waals surface area contributed by atoms with E-state index in [1.54, 1.807) is 0 Å². The molecule has 0 fully saturated rings. The minimum atomic E-state index is 0.130. The van der Waals surface area contributed by atoms with E-state index in [1.807, 2.05) is 30.3 Å². The van der Waals surface area contributed by atoms with Gasteiger partial charge in [0, 0.05) is 5.69 Å². The van der Waals surface area contributed by atoms with Gasteiger partial charge in [-0.05, 0) is 17.3 Å². The Labute approximate surface area is 96.2 Å². The van der Waals surface area contributed by atoms with Crippen LogP contribution in [0.1, 0.15) is 0 Å². The topological polar surface area (TPSA) is 50.7 Å². The lowest BCUT2D eigenvalue weighted by molar-refractivity contribution is 0.871. The van der Waals surface area contributed by atoms with Crippen LogP contribution < -0.4 is 5.32 Å². The smallest absolute Gasteiger partial charge is 0.176 e. The SMILES string of the molecule is Clc1nnnc(Nc2ccccc2)c1Cl. The van der Waals surface area contributed by atoms with Gasteiger partial charge in [0.25, 0.3) is 0 Å². The number of benzene rings is 1. The number of hydrogen-bond acceptors (Lipinski definition) is 4. The zero-order valence-electron chi connectivity index (χ0n) is 7.48. The van der Waals surface area contributed by atoms with Gasteiger partial charge in [-0.15, -0.1) is 10.2 Å². The molecule has 1 heterocycles. The largest absolute Gasteiger partial charge is 0.337 e. The minimum Gasteiger partial charge on any atom is -0.337 e. The molecule has 0 aliphatic heterocycles. The number of halogens is 2. The molecule has 15 heavy (non-hydrogen) atoms. The summed E-state index contributed by atoms with van der Waals surface area (Å²) in [5.41, 5.74) is 0.857. The van der Waals surface area contributed by atoms with Crippen LogP contribution >= 0.6 is 23.2 Å². The summed E-state index contributed by atoms with van der Waals surface area (Å²) in [7, 11) is 0. The zero-order valence-corrected chi connectivity index (χ0v) is 9.00. The standard InChI is InChI=1S/C9H6Cl2N4/c10-7-8(11)13-15-14-9(7)12-6-4-2-1-3-5-6/h1-5H,(H,12,13,14). The summed E-state index contributed by atoms with van der Waals surface area (Å²) >= 11 is 11.6. The van der Waals surface area contributed by atoms with Crippen LogP contribution in [0.15, 0.2) is 30.3 Å². The number of nitrogens with zero attached hydrogens (tertiary/aromatic N) is 3. The van der Waals surface area contributed by atoms with E-state index in [4.69, 9.17) is 23.2 Å². The number of nitrogens with one attached hydrogen (secondary N) is 1. The van der Waals surface area contributed by atoms with Gasteiger partial charge in [0.1, 0.15) is 5.02 Å². The number of aromatic nitrogens is 3. The summed E-state index contributed by atoms with van der Waals surface area (Å²) in [6.07, 6.45) is 0. The maximum atomic E-state index is 5.88. The van der Waals surface area contributed by atoms with E-state index in [-0.39, 0.29) is 10.2 Å². The van der Waals surface area contributed by atoms with Gasteiger partial charge in [-0.3, -0.25) is 0 Å². The van der Waals surface area contributed by atoms with E-state index >= 15 is 0 Å². The maximum Gasteiger partial charge on any atom is 0.176 e. The third-order valence-corrected chi connectivity index (χ3v) is 2.42. The quantitative estimate of drug-likeness (QED) is 0.878. The summed E-state index contributed by atoms with van der Waals surface area (Å²) in [4.78, 5) is 0. The van der Waals surface area contributed by atoms with E-state index in [9.17, 15) is 0 Å². The summed E-state index contributed by atoms with van der Waals surface area (Å²) in [5.74, 6) is 0.392. The highest BCUT2D eigenvalue weighted by molar-refractivity contribution is 6.42. The molecule has 0 aliphatic carbocycles. The van der Waals surface area contributed by atoms with Gasteiger partial charge in [-0.25, -0.2) is 0 Å². The molecular formula is C9H6Cl2N4. The van der Waals surface area contributed by atoms with Crippen molar-refractivity contribution in [3.63, 3.8) is 0 Å². The Morgan fingerprint density at radius 2 is 1.73 bits per heavy atom. The Kier molecular flexibility index (Phi) is 2.99. The second-order valence-electron chi connectivity index (χ2n) is 2.73. The average molecular weight is 241 g/mol. The van der Waals surface area contributed by atoms with Crippen LogP contribution in [-0.2, 0) is 0 Å². The molecule has 0 spiro atoms. The summed E-state index contributed by atoms with van der Waals surface area (Å²) in [5, 5.41) is 14.1. The summed E-state index contributed by atoms with van der Waals surface area (Å²) in [6.45, 7) is 0. The number of hydrogen-bond donors (Lipinski definition) is 1. The molecule has 2 aromatic rings. The Morgan fingerprint density at radius 3 is 2.47 bits per heavy atom. The number of rotatable bonds is 2. The van der Waals surface area contributed by atoms with E-state index in [1.165, 1.54) is 0 Å². The van der Waals surface area contributed by atoms with Crippen LogP contribution in [0.25, 0.3) is 0 Å². The first-order valence-corrected chi connectivity index (χ1v) is 4.89. The molecule has 0 aliphatic rings. The van der Waals surface area contributed by atoms with Crippen LogP contribution in [0.3, 0.4) is 0 Å². The van der Waals surface area contributed by atoms with Gasteiger partial charge in [0.2, 0.25) is 0 Å². The van der Waals surface area contributed by atoms with Crippen molar-refractivity contribution >= 4 is 34.7 Å². The van der Waals surface area contributed by atoms with Crippen molar-refractivity contribution in [2.24, 2.45) is 0 Å². The molecular weight excluding hydrogens is 235 g/mol. The fourth-order valence-electron chi connectivity index (χ4n) is 1.03. The molecule has 2 rings (SSSR count). The lowest BCUT2D eigenvalue weighted by atomic mass is 10.3. The van der Waals surface area contributed by atoms with Crippen LogP contribution in [0.5, 0.6) is 0 Å². The van der Waals surface area contributed by atoms with Crippen LogP contribution in [0, 0.1) is 0 Å². The Hall–Kier alpha value is -1.39. The second kappa shape index (κ2) is 4.42. The molecule has 6 heteroatoms. The van der Waals surface area contributed by atoms with E-state index < -0.39 is 0 Å². The van der Waals surface area contributed by atoms with Crippen molar-refractivity contribution < 1.29 is 0 Å². The minimum absolute atomic E-state index is 0.130. The molecule has 0 amide bonds. The van der Waals surface area contributed by atoms with Crippen molar-refractivity contribution in [1.29, 1.82) is 0 Å². The predicted octanol–water partition coefficient (Wildman–Crippen LogP) is 2.92. The molecule has 0 atom stereocenters. The first kappa shape index (κ1) is 10.1. The predicted molar refractivity (Wildman–Crippen MR) is 59.6 cm³/mol. The Balaban J connectivity index is 2.29. The van der Waals surface area contributed by atoms with Gasteiger partial charge in [0.05, 0.1) is 0 Å². The van der Waals surface area contributed by atoms with E-state index in [0.717, 1.165) is 5.69 Å². The first-order valence-electron chi connectivity index (χ1n) is 4.14. The molecule has 0 radical (unpaired) electrons. The first-order chi connectivity index (χ1) is 7.27. The highest BCUT2D eigenvalue weighted by Gasteiger charge is 2.07. The third-order valence-electron chi connectivity index (χ3n) is 1.70. The molecule has 1 N–H and O–H groups in total. The molecule has 0 bridgehead atoms. The molecule has 1 aromatic heterocycles. The molecule has 0 saturated heterocycles. The third kappa shape index (κ3) is 2.34. The number of anilines is 2. The average Bonchev–Trinajstić information content (AvgIpc) is 2.26. The van der Waals surface area contributed by atoms with Crippen molar-refractivity contribution in [1.82, 2.24) is 15.4 Å². The van der Waals surface area contributed by atoms with Crippen LogP contribution in [0.2, 0.25) is 10.2 Å². The van der Waals surface area contributed by atoms with Gasteiger partial charge in [-0.1, -0.05) is 41.4 Å². The van der Waals surface area contributed by atoms with Crippen molar-refractivity contribution in [3.05, 3.63) is 40.5 Å². The van der Waals surface area contributed by atoms with Gasteiger partial charge >= 0.3 is 0 Å². The van der Waals surface area contributed by atoms with Gasteiger partial charge in [0.15, 0.2) is 11.0 Å². The molecule has 4 nitrogen and oxygen atoms in total. The normalized spacial score (nSPS) is 10.0. The Bertz CT molecular complexity index is 461. The Morgan fingerprint density at radius 1 is 1.00 bits per heavy atom. The van der Waals surface area contributed by atoms with E-state index in [2.05, 4.69) is 20.7 Å². The number of para-hydroxylation sites is 1. The highest BCUT2D eigenvalue weighted by Crippen LogP contribution is 2.26. The summed E-state index contributed by atoms with van der Waals surface area (Å²) in [6, 6.07) is 9.47. The van der Waals surface area contributed by atoms with Crippen LogP contribution in [-0.4, -0.2) is 15.4 Å². The maximum absolute atomic E-state index is 5.88. The van der Waals surface area contributed by atoms with Gasteiger partial charge in [-0.2, -0.15) is 0 Å². The second-order valence-corrected chi connectivity index (χ2v) is 3.47. The molecule has 76 valence electrons. The fraction of sp³-hybridized carbons (Fsp3) is 0. The van der Waals surface area contributed by atoms with Gasteiger partial charge < -0.3 is 5.32 Å². The monoisotopic (exact) mass is 240 g/mol. The van der Waals surface area contributed by atoms with Crippen molar-refractivity contribution in [2.45, 2.75) is 0 Å². The highest BCUT2D eigenvalue weighted by atomic mass is 35.5. The molecule has 0 saturated carbocycles. The molecule has 0 unspecified atom stereocenters. The lowest BCUT2D eigenvalue weighted by Crippen LogP contribution is -1.98. The van der Waals surface area contributed by atoms with E-state index in [0.29, 0.717) is 5.82 Å². The van der Waals surface area contributed by atoms with Crippen molar-refractivity contribution in [2.75, 3.05) is 5.32 Å². The lowest BCUT2D eigenvalue weighted by Gasteiger charge is -2.05. The fourth-order valence-corrected chi connectivity index (χ4v) is 1.28. The van der Waals surface area contributed by atoms with Crippen LogP contribution in [0.4, 0.5) is 11.5 Å².